The average Bonchev–Trinajstić information content (AvgIpc) is 3.27. The minimum Gasteiger partial charge on any atom is -0.467 e. The fourth-order valence-corrected chi connectivity index (χ4v) is 3.87. The van der Waals surface area contributed by atoms with Crippen molar-refractivity contribution in [2.45, 2.75) is 17.5 Å². The third-order valence-electron chi connectivity index (χ3n) is 4.50. The van der Waals surface area contributed by atoms with Crippen LogP contribution in [-0.4, -0.2) is 15.5 Å². The van der Waals surface area contributed by atoms with Crippen molar-refractivity contribution in [1.82, 2.24) is 14.9 Å². The van der Waals surface area contributed by atoms with Crippen molar-refractivity contribution >= 4 is 28.6 Å². The van der Waals surface area contributed by atoms with E-state index in [1.807, 2.05) is 42.5 Å². The van der Waals surface area contributed by atoms with E-state index >= 15 is 0 Å². The number of nitrogens with one attached hydrogen (secondary N) is 1. The number of rotatable bonds is 6. The molecule has 0 aliphatic rings. The standard InChI is InChI=1S/C22H19N3O3S/c1-25-21(27)18-9-2-3-10-19(18)24-22(25)29-14-15-6-4-7-16(12-15)20(26)23-13-17-8-5-11-28-17/h2-12H,13-14H2,1H3,(H,23,26). The van der Waals surface area contributed by atoms with Gasteiger partial charge in [-0.2, -0.15) is 0 Å². The lowest BCUT2D eigenvalue weighted by atomic mass is 10.1. The van der Waals surface area contributed by atoms with Crippen LogP contribution in [0.5, 0.6) is 0 Å². The average molecular weight is 405 g/mol. The summed E-state index contributed by atoms with van der Waals surface area (Å²) in [5.41, 5.74) is 2.17. The van der Waals surface area contributed by atoms with Gasteiger partial charge < -0.3 is 9.73 Å². The van der Waals surface area contributed by atoms with Crippen LogP contribution in [0.25, 0.3) is 10.9 Å². The van der Waals surface area contributed by atoms with Crippen LogP contribution < -0.4 is 10.9 Å². The Morgan fingerprint density at radius 3 is 2.83 bits per heavy atom. The largest absolute Gasteiger partial charge is 0.467 e. The first-order chi connectivity index (χ1) is 14.1. The SMILES string of the molecule is Cn1c(SCc2cccc(C(=O)NCc3ccco3)c2)nc2ccccc2c1=O. The van der Waals surface area contributed by atoms with Crippen molar-refractivity contribution in [3.8, 4) is 0 Å². The number of hydrogen-bond donors (Lipinski definition) is 1. The van der Waals surface area contributed by atoms with Crippen molar-refractivity contribution in [2.75, 3.05) is 0 Å². The van der Waals surface area contributed by atoms with Gasteiger partial charge in [0, 0.05) is 18.4 Å². The van der Waals surface area contributed by atoms with Crippen molar-refractivity contribution < 1.29 is 9.21 Å². The second-order valence-corrected chi connectivity index (χ2v) is 7.47. The van der Waals surface area contributed by atoms with Crippen molar-refractivity contribution in [3.63, 3.8) is 0 Å². The summed E-state index contributed by atoms with van der Waals surface area (Å²) in [5.74, 6) is 1.13. The van der Waals surface area contributed by atoms with Gasteiger partial charge in [0.05, 0.1) is 23.7 Å². The van der Waals surface area contributed by atoms with Gasteiger partial charge in [-0.1, -0.05) is 36.0 Å². The number of aromatic nitrogens is 2. The Hall–Kier alpha value is -3.32. The zero-order valence-corrected chi connectivity index (χ0v) is 16.6. The number of carbonyl (C=O) groups is 1. The lowest BCUT2D eigenvalue weighted by Crippen LogP contribution is -2.22. The van der Waals surface area contributed by atoms with E-state index in [1.54, 1.807) is 36.1 Å². The summed E-state index contributed by atoms with van der Waals surface area (Å²) in [7, 11) is 1.72. The molecule has 1 amide bonds. The fourth-order valence-electron chi connectivity index (χ4n) is 2.96. The number of amides is 1. The Morgan fingerprint density at radius 1 is 1.14 bits per heavy atom. The molecule has 0 aliphatic carbocycles. The molecule has 2 aromatic carbocycles. The Labute approximate surface area is 171 Å². The van der Waals surface area contributed by atoms with Crippen LogP contribution in [0.1, 0.15) is 21.7 Å². The van der Waals surface area contributed by atoms with Crippen LogP contribution in [0, 0.1) is 0 Å². The monoisotopic (exact) mass is 405 g/mol. The molecule has 2 heterocycles. The maximum Gasteiger partial charge on any atom is 0.261 e. The maximum absolute atomic E-state index is 12.5. The normalized spacial score (nSPS) is 10.9. The van der Waals surface area contributed by atoms with Crippen molar-refractivity contribution in [2.24, 2.45) is 7.05 Å². The number of nitrogens with zero attached hydrogens (tertiary/aromatic N) is 2. The first kappa shape index (κ1) is 19.0. The molecule has 2 aromatic heterocycles. The molecular weight excluding hydrogens is 386 g/mol. The number of carbonyl (C=O) groups excluding carboxylic acids is 1. The van der Waals surface area contributed by atoms with E-state index < -0.39 is 0 Å². The van der Waals surface area contributed by atoms with Gasteiger partial charge in [-0.05, 0) is 42.0 Å². The summed E-state index contributed by atoms with van der Waals surface area (Å²) < 4.78 is 6.79. The summed E-state index contributed by atoms with van der Waals surface area (Å²) in [4.78, 5) is 29.5. The van der Waals surface area contributed by atoms with Crippen LogP contribution in [0.3, 0.4) is 0 Å². The number of furan rings is 1. The van der Waals surface area contributed by atoms with Crippen molar-refractivity contribution in [3.05, 3.63) is 94.2 Å². The van der Waals surface area contributed by atoms with E-state index in [0.717, 1.165) is 5.56 Å². The topological polar surface area (TPSA) is 77.1 Å². The lowest BCUT2D eigenvalue weighted by molar-refractivity contribution is 0.0948. The van der Waals surface area contributed by atoms with Gasteiger partial charge in [0.15, 0.2) is 5.16 Å². The second kappa shape index (κ2) is 8.36. The summed E-state index contributed by atoms with van der Waals surface area (Å²) >= 11 is 1.47. The number of thioether (sulfide) groups is 1. The number of para-hydroxylation sites is 1. The van der Waals surface area contributed by atoms with Crippen molar-refractivity contribution in [1.29, 1.82) is 0 Å². The summed E-state index contributed by atoms with van der Waals surface area (Å²) in [5, 5.41) is 4.09. The zero-order valence-electron chi connectivity index (χ0n) is 15.8. The fraction of sp³-hybridized carbons (Fsp3) is 0.136. The highest BCUT2D eigenvalue weighted by Crippen LogP contribution is 2.22. The highest BCUT2D eigenvalue weighted by atomic mass is 32.2. The molecule has 1 N–H and O–H groups in total. The Balaban J connectivity index is 1.47. The Morgan fingerprint density at radius 2 is 2.00 bits per heavy atom. The summed E-state index contributed by atoms with van der Waals surface area (Å²) in [6.07, 6.45) is 1.58. The van der Waals surface area contributed by atoms with Gasteiger partial charge in [-0.15, -0.1) is 0 Å². The van der Waals surface area contributed by atoms with E-state index in [0.29, 0.717) is 39.7 Å². The summed E-state index contributed by atoms with van der Waals surface area (Å²) in [6.45, 7) is 0.341. The molecule has 4 aromatic rings. The van der Waals surface area contributed by atoms with Crippen LogP contribution in [0.4, 0.5) is 0 Å². The molecule has 0 spiro atoms. The van der Waals surface area contributed by atoms with Gasteiger partial charge in [0.2, 0.25) is 0 Å². The molecule has 0 aliphatic heterocycles. The van der Waals surface area contributed by atoms with E-state index in [1.165, 1.54) is 11.8 Å². The Kier molecular flexibility index (Phi) is 5.48. The minimum atomic E-state index is -0.163. The lowest BCUT2D eigenvalue weighted by Gasteiger charge is -2.09. The highest BCUT2D eigenvalue weighted by Gasteiger charge is 2.10. The molecule has 0 fully saturated rings. The second-order valence-electron chi connectivity index (χ2n) is 6.53. The van der Waals surface area contributed by atoms with E-state index in [2.05, 4.69) is 10.3 Å². The van der Waals surface area contributed by atoms with Gasteiger partial charge in [-0.3, -0.25) is 14.2 Å². The molecule has 4 rings (SSSR count). The third-order valence-corrected chi connectivity index (χ3v) is 5.60. The van der Waals surface area contributed by atoms with Crippen LogP contribution >= 0.6 is 11.8 Å². The molecule has 0 atom stereocenters. The molecule has 0 radical (unpaired) electrons. The minimum absolute atomic E-state index is 0.0656. The molecule has 0 bridgehead atoms. The third kappa shape index (κ3) is 4.25. The maximum atomic E-state index is 12.5. The molecule has 0 saturated carbocycles. The molecule has 6 nitrogen and oxygen atoms in total. The first-order valence-electron chi connectivity index (χ1n) is 9.10. The highest BCUT2D eigenvalue weighted by molar-refractivity contribution is 7.98. The van der Waals surface area contributed by atoms with E-state index in [-0.39, 0.29) is 11.5 Å². The smallest absolute Gasteiger partial charge is 0.261 e. The Bertz CT molecular complexity index is 1220. The van der Waals surface area contributed by atoms with E-state index in [4.69, 9.17) is 4.42 Å². The van der Waals surface area contributed by atoms with Gasteiger partial charge in [0.1, 0.15) is 5.76 Å². The van der Waals surface area contributed by atoms with Crippen LogP contribution in [-0.2, 0) is 19.3 Å². The molecular formula is C22H19N3O3S. The number of hydrogen-bond acceptors (Lipinski definition) is 5. The number of fused-ring (bicyclic) bond motifs is 1. The molecule has 0 unspecified atom stereocenters. The van der Waals surface area contributed by atoms with E-state index in [9.17, 15) is 9.59 Å². The van der Waals surface area contributed by atoms with Gasteiger partial charge in [0.25, 0.3) is 11.5 Å². The molecule has 146 valence electrons. The van der Waals surface area contributed by atoms with Crippen LogP contribution in [0.15, 0.2) is 81.3 Å². The molecule has 7 heteroatoms. The first-order valence-corrected chi connectivity index (χ1v) is 10.1. The molecule has 0 saturated heterocycles. The quantitative estimate of drug-likeness (QED) is 0.391. The zero-order chi connectivity index (χ0) is 20.2. The summed E-state index contributed by atoms with van der Waals surface area (Å²) in [6, 6.07) is 18.4. The number of benzene rings is 2. The van der Waals surface area contributed by atoms with Gasteiger partial charge >= 0.3 is 0 Å². The van der Waals surface area contributed by atoms with Crippen LogP contribution in [0.2, 0.25) is 0 Å². The predicted octanol–water partition coefficient (Wildman–Crippen LogP) is 3.75. The van der Waals surface area contributed by atoms with Gasteiger partial charge in [-0.25, -0.2) is 4.98 Å². The molecule has 29 heavy (non-hydrogen) atoms. The predicted molar refractivity (Wildman–Crippen MR) is 113 cm³/mol.